The predicted molar refractivity (Wildman–Crippen MR) is 52.4 cm³/mol. The standard InChI is InChI=1S/C10H18N2O/c1-4-8(2)10(13)7-12-6-5-11-9(12)3/h5-6,8,10,13H,4,7H2,1-3H3. The highest BCUT2D eigenvalue weighted by Gasteiger charge is 2.13. The Bertz CT molecular complexity index is 257. The van der Waals surface area contributed by atoms with Gasteiger partial charge in [-0.15, -0.1) is 0 Å². The Morgan fingerprint density at radius 2 is 2.31 bits per heavy atom. The van der Waals surface area contributed by atoms with Gasteiger partial charge in [-0.25, -0.2) is 4.98 Å². The van der Waals surface area contributed by atoms with Gasteiger partial charge in [0.1, 0.15) is 5.82 Å². The van der Waals surface area contributed by atoms with Crippen LogP contribution in [0.3, 0.4) is 0 Å². The van der Waals surface area contributed by atoms with Crippen LogP contribution in [0.15, 0.2) is 12.4 Å². The van der Waals surface area contributed by atoms with Crippen molar-refractivity contribution < 1.29 is 5.11 Å². The fraction of sp³-hybridized carbons (Fsp3) is 0.700. The Kier molecular flexibility index (Phi) is 3.48. The average Bonchev–Trinajstić information content (AvgIpc) is 2.50. The molecule has 13 heavy (non-hydrogen) atoms. The first-order chi connectivity index (χ1) is 6.15. The third-order valence-electron chi connectivity index (χ3n) is 2.61. The molecule has 1 aromatic heterocycles. The molecular formula is C10H18N2O. The lowest BCUT2D eigenvalue weighted by Crippen LogP contribution is -2.23. The van der Waals surface area contributed by atoms with E-state index in [1.165, 1.54) is 0 Å². The van der Waals surface area contributed by atoms with Crippen molar-refractivity contribution in [3.05, 3.63) is 18.2 Å². The maximum absolute atomic E-state index is 9.77. The van der Waals surface area contributed by atoms with Gasteiger partial charge in [-0.3, -0.25) is 0 Å². The molecule has 1 aromatic rings. The Labute approximate surface area is 79.4 Å². The van der Waals surface area contributed by atoms with Gasteiger partial charge in [0.25, 0.3) is 0 Å². The van der Waals surface area contributed by atoms with Crippen LogP contribution in [-0.4, -0.2) is 20.8 Å². The van der Waals surface area contributed by atoms with Crippen LogP contribution in [0.4, 0.5) is 0 Å². The van der Waals surface area contributed by atoms with Crippen LogP contribution in [0, 0.1) is 12.8 Å². The fourth-order valence-electron chi connectivity index (χ4n) is 1.25. The Morgan fingerprint density at radius 3 is 2.77 bits per heavy atom. The van der Waals surface area contributed by atoms with E-state index in [-0.39, 0.29) is 6.10 Å². The minimum Gasteiger partial charge on any atom is -0.391 e. The van der Waals surface area contributed by atoms with E-state index in [2.05, 4.69) is 18.8 Å². The molecule has 0 aliphatic rings. The van der Waals surface area contributed by atoms with Gasteiger partial charge < -0.3 is 9.67 Å². The molecule has 0 aliphatic heterocycles. The summed E-state index contributed by atoms with van der Waals surface area (Å²) in [7, 11) is 0. The minimum absolute atomic E-state index is 0.266. The summed E-state index contributed by atoms with van der Waals surface area (Å²) < 4.78 is 1.98. The summed E-state index contributed by atoms with van der Waals surface area (Å²) in [4.78, 5) is 4.11. The van der Waals surface area contributed by atoms with Crippen LogP contribution in [-0.2, 0) is 6.54 Å². The molecule has 0 spiro atoms. The third-order valence-corrected chi connectivity index (χ3v) is 2.61. The van der Waals surface area contributed by atoms with Crippen molar-refractivity contribution in [1.82, 2.24) is 9.55 Å². The van der Waals surface area contributed by atoms with Gasteiger partial charge in [0.2, 0.25) is 0 Å². The first kappa shape index (κ1) is 10.3. The summed E-state index contributed by atoms with van der Waals surface area (Å²) in [5.74, 6) is 1.31. The molecule has 0 saturated carbocycles. The zero-order chi connectivity index (χ0) is 9.84. The number of nitrogens with zero attached hydrogens (tertiary/aromatic N) is 2. The van der Waals surface area contributed by atoms with Crippen molar-refractivity contribution >= 4 is 0 Å². The van der Waals surface area contributed by atoms with Crippen molar-refractivity contribution in [2.75, 3.05) is 0 Å². The topological polar surface area (TPSA) is 38.0 Å². The van der Waals surface area contributed by atoms with Crippen molar-refractivity contribution in [3.63, 3.8) is 0 Å². The molecule has 74 valence electrons. The maximum atomic E-state index is 9.77. The number of aromatic nitrogens is 2. The highest BCUT2D eigenvalue weighted by Crippen LogP contribution is 2.10. The molecule has 2 unspecified atom stereocenters. The summed E-state index contributed by atoms with van der Waals surface area (Å²) in [6.45, 7) is 6.76. The van der Waals surface area contributed by atoms with Crippen LogP contribution in [0.2, 0.25) is 0 Å². The number of hydrogen-bond donors (Lipinski definition) is 1. The zero-order valence-electron chi connectivity index (χ0n) is 8.57. The lowest BCUT2D eigenvalue weighted by Gasteiger charge is -2.18. The van der Waals surface area contributed by atoms with Crippen molar-refractivity contribution in [1.29, 1.82) is 0 Å². The van der Waals surface area contributed by atoms with Gasteiger partial charge in [-0.2, -0.15) is 0 Å². The Hall–Kier alpha value is -0.830. The molecule has 0 aliphatic carbocycles. The lowest BCUT2D eigenvalue weighted by atomic mass is 10.0. The SMILES string of the molecule is CCC(C)C(O)Cn1ccnc1C. The second-order valence-electron chi connectivity index (χ2n) is 3.58. The van der Waals surface area contributed by atoms with E-state index in [4.69, 9.17) is 0 Å². The Balaban J connectivity index is 2.54. The zero-order valence-corrected chi connectivity index (χ0v) is 8.57. The molecule has 0 fully saturated rings. The van der Waals surface area contributed by atoms with E-state index in [1.54, 1.807) is 6.20 Å². The largest absolute Gasteiger partial charge is 0.391 e. The quantitative estimate of drug-likeness (QED) is 0.768. The molecule has 0 bridgehead atoms. The van der Waals surface area contributed by atoms with E-state index in [1.807, 2.05) is 17.7 Å². The van der Waals surface area contributed by atoms with Crippen LogP contribution in [0.25, 0.3) is 0 Å². The fourth-order valence-corrected chi connectivity index (χ4v) is 1.25. The molecule has 1 N–H and O–H groups in total. The average molecular weight is 182 g/mol. The summed E-state index contributed by atoms with van der Waals surface area (Å²) in [5, 5.41) is 9.77. The van der Waals surface area contributed by atoms with E-state index in [0.29, 0.717) is 12.5 Å². The molecule has 0 amide bonds. The number of aliphatic hydroxyl groups is 1. The molecule has 0 aromatic carbocycles. The summed E-state index contributed by atoms with van der Waals surface area (Å²) in [6.07, 6.45) is 4.41. The van der Waals surface area contributed by atoms with Gasteiger partial charge in [0.05, 0.1) is 6.10 Å². The number of aliphatic hydroxyl groups excluding tert-OH is 1. The third kappa shape index (κ3) is 2.56. The van der Waals surface area contributed by atoms with Gasteiger partial charge >= 0.3 is 0 Å². The van der Waals surface area contributed by atoms with Crippen LogP contribution < -0.4 is 0 Å². The molecule has 1 rings (SSSR count). The second kappa shape index (κ2) is 4.42. The van der Waals surface area contributed by atoms with Crippen LogP contribution in [0.5, 0.6) is 0 Å². The van der Waals surface area contributed by atoms with Gasteiger partial charge in [-0.05, 0) is 12.8 Å². The Morgan fingerprint density at radius 1 is 1.62 bits per heavy atom. The molecule has 1 heterocycles. The summed E-state index contributed by atoms with van der Waals surface area (Å²) in [6, 6.07) is 0. The number of hydrogen-bond acceptors (Lipinski definition) is 2. The van der Waals surface area contributed by atoms with E-state index in [9.17, 15) is 5.11 Å². The molecule has 3 heteroatoms. The van der Waals surface area contributed by atoms with Gasteiger partial charge in [-0.1, -0.05) is 20.3 Å². The number of rotatable bonds is 4. The normalized spacial score (nSPS) is 15.7. The summed E-state index contributed by atoms with van der Waals surface area (Å²) >= 11 is 0. The first-order valence-corrected chi connectivity index (χ1v) is 4.81. The molecule has 2 atom stereocenters. The van der Waals surface area contributed by atoms with Crippen LogP contribution >= 0.6 is 0 Å². The highest BCUT2D eigenvalue weighted by atomic mass is 16.3. The number of aryl methyl sites for hydroxylation is 1. The van der Waals surface area contributed by atoms with E-state index < -0.39 is 0 Å². The lowest BCUT2D eigenvalue weighted by molar-refractivity contribution is 0.0960. The van der Waals surface area contributed by atoms with Gasteiger partial charge in [0, 0.05) is 18.9 Å². The monoisotopic (exact) mass is 182 g/mol. The predicted octanol–water partition coefficient (Wildman–Crippen LogP) is 1.60. The molecule has 0 saturated heterocycles. The number of imidazole rings is 1. The first-order valence-electron chi connectivity index (χ1n) is 4.81. The smallest absolute Gasteiger partial charge is 0.105 e. The molecule has 3 nitrogen and oxygen atoms in total. The second-order valence-corrected chi connectivity index (χ2v) is 3.58. The molecule has 0 radical (unpaired) electrons. The van der Waals surface area contributed by atoms with Gasteiger partial charge in [0.15, 0.2) is 0 Å². The minimum atomic E-state index is -0.266. The van der Waals surface area contributed by atoms with Crippen molar-refractivity contribution in [2.24, 2.45) is 5.92 Å². The van der Waals surface area contributed by atoms with Crippen molar-refractivity contribution in [3.8, 4) is 0 Å². The van der Waals surface area contributed by atoms with Crippen molar-refractivity contribution in [2.45, 2.75) is 39.8 Å². The van der Waals surface area contributed by atoms with Crippen LogP contribution in [0.1, 0.15) is 26.1 Å². The highest BCUT2D eigenvalue weighted by molar-refractivity contribution is 4.89. The summed E-state index contributed by atoms with van der Waals surface area (Å²) in [5.41, 5.74) is 0. The van der Waals surface area contributed by atoms with E-state index >= 15 is 0 Å². The molecular weight excluding hydrogens is 164 g/mol. The maximum Gasteiger partial charge on any atom is 0.105 e. The van der Waals surface area contributed by atoms with E-state index in [0.717, 1.165) is 12.2 Å².